The second-order valence-corrected chi connectivity index (χ2v) is 5.07. The molecule has 0 aromatic carbocycles. The lowest BCUT2D eigenvalue weighted by Gasteiger charge is -2.26. The highest BCUT2D eigenvalue weighted by molar-refractivity contribution is 4.83. The molecular weight excluding hydrogens is 172 g/mol. The molecule has 0 aromatic rings. The predicted molar refractivity (Wildman–Crippen MR) is 60.4 cm³/mol. The summed E-state index contributed by atoms with van der Waals surface area (Å²) in [5.74, 6) is 0.901. The Morgan fingerprint density at radius 1 is 1.14 bits per heavy atom. The zero-order chi connectivity index (χ0) is 9.80. The minimum absolute atomic E-state index is 0.747. The van der Waals surface area contributed by atoms with Gasteiger partial charge in [0.15, 0.2) is 0 Å². The molecule has 0 radical (unpaired) electrons. The summed E-state index contributed by atoms with van der Waals surface area (Å²) in [6.45, 7) is 4.81. The second-order valence-electron chi connectivity index (χ2n) is 5.07. The fraction of sp³-hybridized carbons (Fsp3) is 1.00. The maximum absolute atomic E-state index is 3.74. The van der Waals surface area contributed by atoms with E-state index in [2.05, 4.69) is 17.6 Å². The van der Waals surface area contributed by atoms with E-state index >= 15 is 0 Å². The molecule has 1 saturated carbocycles. The smallest absolute Gasteiger partial charge is 0.0192 e. The van der Waals surface area contributed by atoms with Gasteiger partial charge in [0.1, 0.15) is 0 Å². The van der Waals surface area contributed by atoms with E-state index in [1.165, 1.54) is 51.6 Å². The van der Waals surface area contributed by atoms with Gasteiger partial charge in [0.2, 0.25) is 0 Å². The number of nitrogens with one attached hydrogen (secondary N) is 2. The van der Waals surface area contributed by atoms with Gasteiger partial charge in [-0.2, -0.15) is 0 Å². The number of piperidine rings is 1. The number of rotatable bonds is 3. The molecule has 2 nitrogen and oxygen atoms in total. The Bertz CT molecular complexity index is 164. The molecule has 0 aromatic heterocycles. The summed E-state index contributed by atoms with van der Waals surface area (Å²) in [5.41, 5.74) is 0. The zero-order valence-corrected chi connectivity index (χ0v) is 9.39. The quantitative estimate of drug-likeness (QED) is 0.720. The van der Waals surface area contributed by atoms with Crippen LogP contribution in [-0.2, 0) is 0 Å². The van der Waals surface area contributed by atoms with Gasteiger partial charge in [-0.1, -0.05) is 19.8 Å². The van der Waals surface area contributed by atoms with Gasteiger partial charge in [-0.15, -0.1) is 0 Å². The maximum atomic E-state index is 3.74. The highest BCUT2D eigenvalue weighted by Gasteiger charge is 2.23. The Kier molecular flexibility index (Phi) is 3.82. The van der Waals surface area contributed by atoms with Crippen LogP contribution in [-0.4, -0.2) is 25.2 Å². The molecule has 3 atom stereocenters. The lowest BCUT2D eigenvalue weighted by molar-refractivity contribution is 0.345. The van der Waals surface area contributed by atoms with Crippen molar-refractivity contribution in [2.45, 2.75) is 57.5 Å². The summed E-state index contributed by atoms with van der Waals surface area (Å²) < 4.78 is 0. The molecule has 2 aliphatic rings. The summed E-state index contributed by atoms with van der Waals surface area (Å²) in [7, 11) is 0. The van der Waals surface area contributed by atoms with Crippen molar-refractivity contribution in [3.8, 4) is 0 Å². The molecule has 1 saturated heterocycles. The largest absolute Gasteiger partial charge is 0.313 e. The van der Waals surface area contributed by atoms with Gasteiger partial charge >= 0.3 is 0 Å². The minimum Gasteiger partial charge on any atom is -0.313 e. The summed E-state index contributed by atoms with van der Waals surface area (Å²) in [5, 5.41) is 7.33. The Morgan fingerprint density at radius 2 is 2.07 bits per heavy atom. The molecule has 14 heavy (non-hydrogen) atoms. The average molecular weight is 196 g/mol. The predicted octanol–water partition coefficient (Wildman–Crippen LogP) is 1.91. The summed E-state index contributed by atoms with van der Waals surface area (Å²) in [6.07, 6.45) is 8.41. The molecular formula is C12H24N2. The van der Waals surface area contributed by atoms with E-state index < -0.39 is 0 Å². The van der Waals surface area contributed by atoms with E-state index in [1.54, 1.807) is 0 Å². The van der Waals surface area contributed by atoms with Crippen LogP contribution in [0.3, 0.4) is 0 Å². The van der Waals surface area contributed by atoms with Crippen molar-refractivity contribution in [2.75, 3.05) is 13.1 Å². The third-order valence-corrected chi connectivity index (χ3v) is 3.90. The van der Waals surface area contributed by atoms with Gasteiger partial charge in [0, 0.05) is 18.6 Å². The molecule has 1 heterocycles. The normalized spacial score (nSPS) is 38.8. The van der Waals surface area contributed by atoms with Crippen LogP contribution < -0.4 is 10.6 Å². The van der Waals surface area contributed by atoms with Crippen LogP contribution in [0.15, 0.2) is 0 Å². The minimum atomic E-state index is 0.747. The molecule has 0 amide bonds. The van der Waals surface area contributed by atoms with Crippen LogP contribution in [0.5, 0.6) is 0 Å². The van der Waals surface area contributed by atoms with Crippen molar-refractivity contribution in [3.05, 3.63) is 0 Å². The Morgan fingerprint density at radius 3 is 2.71 bits per heavy atom. The van der Waals surface area contributed by atoms with E-state index in [4.69, 9.17) is 0 Å². The van der Waals surface area contributed by atoms with Crippen LogP contribution in [0.2, 0.25) is 0 Å². The van der Waals surface area contributed by atoms with Crippen LogP contribution in [0.4, 0.5) is 0 Å². The SMILES string of the molecule is CC1CCCC1NCC1CCCCN1. The third-order valence-electron chi connectivity index (χ3n) is 3.90. The van der Waals surface area contributed by atoms with E-state index in [0.29, 0.717) is 0 Å². The van der Waals surface area contributed by atoms with Crippen LogP contribution in [0.1, 0.15) is 45.4 Å². The summed E-state index contributed by atoms with van der Waals surface area (Å²) in [6, 6.07) is 1.55. The van der Waals surface area contributed by atoms with Crippen molar-refractivity contribution in [1.82, 2.24) is 10.6 Å². The fourth-order valence-corrected chi connectivity index (χ4v) is 2.84. The number of hydrogen-bond donors (Lipinski definition) is 2. The first-order chi connectivity index (χ1) is 6.86. The van der Waals surface area contributed by atoms with Gasteiger partial charge in [-0.25, -0.2) is 0 Å². The van der Waals surface area contributed by atoms with Crippen LogP contribution >= 0.6 is 0 Å². The van der Waals surface area contributed by atoms with Crippen molar-refractivity contribution >= 4 is 0 Å². The Labute approximate surface area is 87.8 Å². The fourth-order valence-electron chi connectivity index (χ4n) is 2.84. The van der Waals surface area contributed by atoms with Gasteiger partial charge < -0.3 is 10.6 Å². The molecule has 82 valence electrons. The third kappa shape index (κ3) is 2.71. The van der Waals surface area contributed by atoms with E-state index in [9.17, 15) is 0 Å². The standard InChI is InChI=1S/C12H24N2/c1-10-5-4-7-12(10)14-9-11-6-2-3-8-13-11/h10-14H,2-9H2,1H3. The first-order valence-corrected chi connectivity index (χ1v) is 6.33. The van der Waals surface area contributed by atoms with Gasteiger partial charge in [0.05, 0.1) is 0 Å². The lowest BCUT2D eigenvalue weighted by atomic mass is 10.0. The molecule has 3 unspecified atom stereocenters. The highest BCUT2D eigenvalue weighted by atomic mass is 15.0. The van der Waals surface area contributed by atoms with Crippen molar-refractivity contribution in [2.24, 2.45) is 5.92 Å². The molecule has 2 fully saturated rings. The van der Waals surface area contributed by atoms with Crippen LogP contribution in [0.25, 0.3) is 0 Å². The molecule has 2 heteroatoms. The second kappa shape index (κ2) is 5.13. The maximum Gasteiger partial charge on any atom is 0.0192 e. The van der Waals surface area contributed by atoms with Crippen LogP contribution in [0, 0.1) is 5.92 Å². The first kappa shape index (κ1) is 10.4. The van der Waals surface area contributed by atoms with Crippen molar-refractivity contribution in [1.29, 1.82) is 0 Å². The van der Waals surface area contributed by atoms with Gasteiger partial charge in [-0.05, 0) is 38.1 Å². The van der Waals surface area contributed by atoms with Gasteiger partial charge in [-0.3, -0.25) is 0 Å². The monoisotopic (exact) mass is 196 g/mol. The summed E-state index contributed by atoms with van der Waals surface area (Å²) >= 11 is 0. The summed E-state index contributed by atoms with van der Waals surface area (Å²) in [4.78, 5) is 0. The van der Waals surface area contributed by atoms with Crippen molar-refractivity contribution in [3.63, 3.8) is 0 Å². The highest BCUT2D eigenvalue weighted by Crippen LogP contribution is 2.24. The molecule has 0 bridgehead atoms. The number of hydrogen-bond acceptors (Lipinski definition) is 2. The first-order valence-electron chi connectivity index (χ1n) is 6.33. The molecule has 0 spiro atoms. The van der Waals surface area contributed by atoms with Gasteiger partial charge in [0.25, 0.3) is 0 Å². The van der Waals surface area contributed by atoms with E-state index in [1.807, 2.05) is 0 Å². The average Bonchev–Trinajstić information content (AvgIpc) is 2.63. The lowest BCUT2D eigenvalue weighted by Crippen LogP contribution is -2.45. The topological polar surface area (TPSA) is 24.1 Å². The molecule has 2 N–H and O–H groups in total. The molecule has 2 rings (SSSR count). The van der Waals surface area contributed by atoms with Crippen molar-refractivity contribution < 1.29 is 0 Å². The van der Waals surface area contributed by atoms with E-state index in [0.717, 1.165) is 18.0 Å². The Hall–Kier alpha value is -0.0800. The zero-order valence-electron chi connectivity index (χ0n) is 9.39. The molecule has 1 aliphatic carbocycles. The van der Waals surface area contributed by atoms with E-state index in [-0.39, 0.29) is 0 Å². The Balaban J connectivity index is 1.65. The molecule has 1 aliphatic heterocycles.